The van der Waals surface area contributed by atoms with Gasteiger partial charge < -0.3 is 19.2 Å². The molecule has 1 atom stereocenters. The first-order valence-corrected chi connectivity index (χ1v) is 11.7. The highest BCUT2D eigenvalue weighted by molar-refractivity contribution is 5.95. The van der Waals surface area contributed by atoms with Gasteiger partial charge in [-0.05, 0) is 67.1 Å². The fourth-order valence-electron chi connectivity index (χ4n) is 3.71. The SMILES string of the molecule is C[C@H](Oc1ccccc1OCc1ccccc1)C(=O)Nc1ccc2oc(-c3ccc(C#N)cc3)nc2c1. The molecule has 0 spiro atoms. The zero-order valence-corrected chi connectivity index (χ0v) is 20.0. The lowest BCUT2D eigenvalue weighted by Gasteiger charge is -2.17. The minimum atomic E-state index is -0.774. The van der Waals surface area contributed by atoms with Gasteiger partial charge in [0, 0.05) is 11.3 Å². The molecule has 37 heavy (non-hydrogen) atoms. The number of hydrogen-bond acceptors (Lipinski definition) is 6. The number of nitriles is 1. The first-order valence-electron chi connectivity index (χ1n) is 11.7. The summed E-state index contributed by atoms with van der Waals surface area (Å²) in [5, 5.41) is 11.9. The summed E-state index contributed by atoms with van der Waals surface area (Å²) in [4.78, 5) is 17.4. The van der Waals surface area contributed by atoms with E-state index in [0.717, 1.165) is 11.1 Å². The van der Waals surface area contributed by atoms with Gasteiger partial charge in [-0.2, -0.15) is 5.26 Å². The molecule has 5 rings (SSSR count). The van der Waals surface area contributed by atoms with Gasteiger partial charge in [0.1, 0.15) is 12.1 Å². The molecule has 0 aliphatic heterocycles. The number of nitrogens with one attached hydrogen (secondary N) is 1. The highest BCUT2D eigenvalue weighted by atomic mass is 16.5. The van der Waals surface area contributed by atoms with E-state index in [4.69, 9.17) is 19.2 Å². The fourth-order valence-corrected chi connectivity index (χ4v) is 3.71. The van der Waals surface area contributed by atoms with Crippen LogP contribution in [0.4, 0.5) is 5.69 Å². The first-order chi connectivity index (χ1) is 18.1. The minimum Gasteiger partial charge on any atom is -0.485 e. The Balaban J connectivity index is 1.25. The molecule has 1 amide bonds. The van der Waals surface area contributed by atoms with Crippen LogP contribution in [0.25, 0.3) is 22.6 Å². The molecule has 182 valence electrons. The number of oxazole rings is 1. The molecule has 0 aliphatic rings. The zero-order chi connectivity index (χ0) is 25.6. The molecule has 0 fully saturated rings. The van der Waals surface area contributed by atoms with Crippen LogP contribution < -0.4 is 14.8 Å². The number of carbonyl (C=O) groups excluding carboxylic acids is 1. The molecule has 4 aromatic carbocycles. The zero-order valence-electron chi connectivity index (χ0n) is 20.0. The van der Waals surface area contributed by atoms with Crippen LogP contribution in [0, 0.1) is 11.3 Å². The number of amides is 1. The van der Waals surface area contributed by atoms with Crippen LogP contribution in [0.3, 0.4) is 0 Å². The van der Waals surface area contributed by atoms with Gasteiger partial charge in [0.15, 0.2) is 23.2 Å². The first kappa shape index (κ1) is 23.6. The predicted octanol–water partition coefficient (Wildman–Crippen LogP) is 6.35. The summed E-state index contributed by atoms with van der Waals surface area (Å²) in [5.41, 5.74) is 4.12. The van der Waals surface area contributed by atoms with Gasteiger partial charge in [-0.25, -0.2) is 4.98 Å². The van der Waals surface area contributed by atoms with Gasteiger partial charge in [-0.3, -0.25) is 4.79 Å². The van der Waals surface area contributed by atoms with E-state index >= 15 is 0 Å². The number of rotatable bonds is 8. The molecule has 7 heteroatoms. The number of hydrogen-bond donors (Lipinski definition) is 1. The third-order valence-corrected chi connectivity index (χ3v) is 5.68. The Hall–Kier alpha value is -5.09. The van der Waals surface area contributed by atoms with Crippen molar-refractivity contribution in [3.63, 3.8) is 0 Å². The molecule has 1 aromatic heterocycles. The number of anilines is 1. The Labute approximate surface area is 213 Å². The molecule has 1 heterocycles. The number of aromatic nitrogens is 1. The summed E-state index contributed by atoms with van der Waals surface area (Å²) in [7, 11) is 0. The maximum atomic E-state index is 12.9. The maximum absolute atomic E-state index is 12.9. The molecule has 0 unspecified atom stereocenters. The van der Waals surface area contributed by atoms with E-state index in [-0.39, 0.29) is 5.91 Å². The normalized spacial score (nSPS) is 11.5. The molecule has 1 N–H and O–H groups in total. The smallest absolute Gasteiger partial charge is 0.265 e. The highest BCUT2D eigenvalue weighted by Crippen LogP contribution is 2.29. The predicted molar refractivity (Wildman–Crippen MR) is 140 cm³/mol. The number of ether oxygens (including phenoxy) is 2. The number of benzene rings is 4. The van der Waals surface area contributed by atoms with Gasteiger partial charge in [-0.1, -0.05) is 42.5 Å². The van der Waals surface area contributed by atoms with Gasteiger partial charge in [-0.15, -0.1) is 0 Å². The largest absolute Gasteiger partial charge is 0.485 e. The lowest BCUT2D eigenvalue weighted by atomic mass is 10.1. The third kappa shape index (κ3) is 5.60. The second-order valence-corrected chi connectivity index (χ2v) is 8.36. The Bertz CT molecular complexity index is 1570. The topological polar surface area (TPSA) is 97.4 Å². The van der Waals surface area contributed by atoms with Crippen molar-refractivity contribution >= 4 is 22.7 Å². The number of carbonyl (C=O) groups is 1. The van der Waals surface area contributed by atoms with E-state index in [0.29, 0.717) is 46.3 Å². The van der Waals surface area contributed by atoms with E-state index in [9.17, 15) is 4.79 Å². The van der Waals surface area contributed by atoms with Crippen LogP contribution in [0.1, 0.15) is 18.1 Å². The molecule has 0 saturated carbocycles. The molecule has 7 nitrogen and oxygen atoms in total. The summed E-state index contributed by atoms with van der Waals surface area (Å²) >= 11 is 0. The van der Waals surface area contributed by atoms with E-state index in [2.05, 4.69) is 16.4 Å². The van der Waals surface area contributed by atoms with Crippen LogP contribution in [-0.2, 0) is 11.4 Å². The van der Waals surface area contributed by atoms with E-state index in [1.807, 2.05) is 48.5 Å². The fraction of sp³-hybridized carbons (Fsp3) is 0.100. The molecule has 0 radical (unpaired) electrons. The van der Waals surface area contributed by atoms with Crippen LogP contribution in [0.5, 0.6) is 11.5 Å². The highest BCUT2D eigenvalue weighted by Gasteiger charge is 2.18. The van der Waals surface area contributed by atoms with Crippen molar-refractivity contribution in [2.45, 2.75) is 19.6 Å². The summed E-state index contributed by atoms with van der Waals surface area (Å²) in [6.45, 7) is 2.07. The number of fused-ring (bicyclic) bond motifs is 1. The monoisotopic (exact) mass is 489 g/mol. The quantitative estimate of drug-likeness (QED) is 0.273. The Morgan fingerprint density at radius 1 is 0.973 bits per heavy atom. The van der Waals surface area contributed by atoms with E-state index in [1.165, 1.54) is 0 Å². The summed E-state index contributed by atoms with van der Waals surface area (Å²) in [6, 6.07) is 31.4. The van der Waals surface area contributed by atoms with Gasteiger partial charge in [0.2, 0.25) is 5.89 Å². The van der Waals surface area contributed by atoms with Crippen molar-refractivity contribution in [1.29, 1.82) is 5.26 Å². The van der Waals surface area contributed by atoms with E-state index in [1.54, 1.807) is 55.5 Å². The molecular weight excluding hydrogens is 466 g/mol. The average molecular weight is 490 g/mol. The van der Waals surface area contributed by atoms with E-state index < -0.39 is 6.10 Å². The standard InChI is InChI=1S/C30H23N3O4/c1-20(36-28-10-6-5-9-27(28)35-19-22-7-3-2-4-8-22)29(34)32-24-15-16-26-25(17-24)33-30(37-26)23-13-11-21(18-31)12-14-23/h2-17,20H,19H2,1H3,(H,32,34)/t20-/m0/s1. The van der Waals surface area contributed by atoms with Crippen LogP contribution >= 0.6 is 0 Å². The maximum Gasteiger partial charge on any atom is 0.265 e. The Morgan fingerprint density at radius 2 is 1.70 bits per heavy atom. The third-order valence-electron chi connectivity index (χ3n) is 5.68. The molecular formula is C30H23N3O4. The second-order valence-electron chi connectivity index (χ2n) is 8.36. The Morgan fingerprint density at radius 3 is 2.46 bits per heavy atom. The van der Waals surface area contributed by atoms with Crippen molar-refractivity contribution in [1.82, 2.24) is 4.98 Å². The van der Waals surface area contributed by atoms with Gasteiger partial charge >= 0.3 is 0 Å². The molecule has 0 bridgehead atoms. The lowest BCUT2D eigenvalue weighted by molar-refractivity contribution is -0.122. The van der Waals surface area contributed by atoms with Crippen molar-refractivity contribution in [2.75, 3.05) is 5.32 Å². The van der Waals surface area contributed by atoms with Crippen LogP contribution in [0.2, 0.25) is 0 Å². The van der Waals surface area contributed by atoms with Gasteiger partial charge in [0.05, 0.1) is 11.6 Å². The van der Waals surface area contributed by atoms with Gasteiger partial charge in [0.25, 0.3) is 5.91 Å². The lowest BCUT2D eigenvalue weighted by Crippen LogP contribution is -2.30. The Kier molecular flexibility index (Phi) is 6.82. The number of nitrogens with zero attached hydrogens (tertiary/aromatic N) is 2. The van der Waals surface area contributed by atoms with Crippen molar-refractivity contribution < 1.29 is 18.7 Å². The average Bonchev–Trinajstić information content (AvgIpc) is 3.36. The molecule has 5 aromatic rings. The van der Waals surface area contributed by atoms with Crippen molar-refractivity contribution in [2.24, 2.45) is 0 Å². The van der Waals surface area contributed by atoms with Crippen LogP contribution in [0.15, 0.2) is 101 Å². The van der Waals surface area contributed by atoms with Crippen LogP contribution in [-0.4, -0.2) is 17.0 Å². The minimum absolute atomic E-state index is 0.312. The molecule has 0 saturated heterocycles. The van der Waals surface area contributed by atoms with Crippen molar-refractivity contribution in [3.05, 3.63) is 108 Å². The summed E-state index contributed by atoms with van der Waals surface area (Å²) in [6.07, 6.45) is -0.774. The van der Waals surface area contributed by atoms with Crippen molar-refractivity contribution in [3.8, 4) is 29.0 Å². The second kappa shape index (κ2) is 10.7. The summed E-state index contributed by atoms with van der Waals surface area (Å²) < 4.78 is 17.7. The number of para-hydroxylation sites is 2. The summed E-state index contributed by atoms with van der Waals surface area (Å²) in [5.74, 6) is 1.17. The molecule has 0 aliphatic carbocycles.